The molecule has 19 heavy (non-hydrogen) atoms. The summed E-state index contributed by atoms with van der Waals surface area (Å²) in [5, 5.41) is 0.643. The van der Waals surface area contributed by atoms with Crippen LogP contribution in [0.15, 0.2) is 18.2 Å². The summed E-state index contributed by atoms with van der Waals surface area (Å²) < 4.78 is 38.0. The number of alkyl halides is 3. The van der Waals surface area contributed by atoms with E-state index in [0.29, 0.717) is 41.8 Å². The van der Waals surface area contributed by atoms with Crippen LogP contribution in [0.25, 0.3) is 10.9 Å². The lowest BCUT2D eigenvalue weighted by atomic mass is 10.1. The molecule has 1 aromatic heterocycles. The maximum atomic E-state index is 12.7. The fourth-order valence-electron chi connectivity index (χ4n) is 1.90. The molecule has 0 amide bonds. The molecule has 0 aliphatic carbocycles. The number of fused-ring (bicyclic) bond motifs is 1. The van der Waals surface area contributed by atoms with E-state index < -0.39 is 11.7 Å². The van der Waals surface area contributed by atoms with Gasteiger partial charge in [0.1, 0.15) is 5.82 Å². The molecule has 6 heteroatoms. The lowest BCUT2D eigenvalue weighted by Crippen LogP contribution is -2.07. The van der Waals surface area contributed by atoms with Crippen molar-refractivity contribution in [3.05, 3.63) is 35.3 Å². The minimum atomic E-state index is -4.36. The third-order valence-electron chi connectivity index (χ3n) is 2.87. The van der Waals surface area contributed by atoms with Crippen molar-refractivity contribution in [2.75, 3.05) is 6.54 Å². The van der Waals surface area contributed by atoms with Gasteiger partial charge in [-0.15, -0.1) is 0 Å². The van der Waals surface area contributed by atoms with Crippen LogP contribution in [0, 0.1) is 6.92 Å². The molecular weight excluding hydrogens is 255 g/mol. The Morgan fingerprint density at radius 3 is 2.58 bits per heavy atom. The Morgan fingerprint density at radius 1 is 1.21 bits per heavy atom. The fourth-order valence-corrected chi connectivity index (χ4v) is 1.90. The van der Waals surface area contributed by atoms with E-state index in [1.54, 1.807) is 6.92 Å². The smallest absolute Gasteiger partial charge is 0.330 e. The average Bonchev–Trinajstić information content (AvgIpc) is 2.34. The topological polar surface area (TPSA) is 51.8 Å². The quantitative estimate of drug-likeness (QED) is 0.932. The molecule has 0 saturated carbocycles. The predicted octanol–water partition coefficient (Wildman–Crippen LogP) is 2.85. The first-order valence-corrected chi connectivity index (χ1v) is 5.96. The highest BCUT2D eigenvalue weighted by molar-refractivity contribution is 5.81. The van der Waals surface area contributed by atoms with Crippen molar-refractivity contribution in [3.8, 4) is 0 Å². The molecule has 2 N–H and O–H groups in total. The monoisotopic (exact) mass is 269 g/mol. The van der Waals surface area contributed by atoms with Crippen molar-refractivity contribution in [1.29, 1.82) is 0 Å². The van der Waals surface area contributed by atoms with Crippen LogP contribution in [0.2, 0.25) is 0 Å². The van der Waals surface area contributed by atoms with Crippen LogP contribution >= 0.6 is 0 Å². The summed E-state index contributed by atoms with van der Waals surface area (Å²) in [6.07, 6.45) is -3.07. The van der Waals surface area contributed by atoms with Crippen LogP contribution in [-0.2, 0) is 12.6 Å². The van der Waals surface area contributed by atoms with Gasteiger partial charge in [-0.05, 0) is 32.0 Å². The molecule has 102 valence electrons. The molecular formula is C13H14F3N3. The molecule has 0 saturated heterocycles. The Balaban J connectivity index is 2.50. The van der Waals surface area contributed by atoms with E-state index in [9.17, 15) is 13.2 Å². The fraction of sp³-hybridized carbons (Fsp3) is 0.385. The number of hydrogen-bond acceptors (Lipinski definition) is 3. The number of hydrogen-bond donors (Lipinski definition) is 1. The highest BCUT2D eigenvalue weighted by Gasteiger charge is 2.30. The third kappa shape index (κ3) is 3.01. The van der Waals surface area contributed by atoms with Gasteiger partial charge in [-0.1, -0.05) is 6.07 Å². The van der Waals surface area contributed by atoms with Gasteiger partial charge in [0.15, 0.2) is 0 Å². The molecule has 0 atom stereocenters. The average molecular weight is 269 g/mol. The Kier molecular flexibility index (Phi) is 3.71. The van der Waals surface area contributed by atoms with E-state index in [-0.39, 0.29) is 0 Å². The van der Waals surface area contributed by atoms with E-state index in [2.05, 4.69) is 9.97 Å². The predicted molar refractivity (Wildman–Crippen MR) is 66.7 cm³/mol. The number of aryl methyl sites for hydroxylation is 2. The van der Waals surface area contributed by atoms with Crippen molar-refractivity contribution in [2.45, 2.75) is 25.9 Å². The summed E-state index contributed by atoms with van der Waals surface area (Å²) in [5.41, 5.74) is 5.73. The van der Waals surface area contributed by atoms with E-state index >= 15 is 0 Å². The molecule has 0 unspecified atom stereocenters. The third-order valence-corrected chi connectivity index (χ3v) is 2.87. The molecule has 0 bridgehead atoms. The largest absolute Gasteiger partial charge is 0.416 e. The summed E-state index contributed by atoms with van der Waals surface area (Å²) in [5.74, 6) is 0.537. The van der Waals surface area contributed by atoms with Crippen LogP contribution in [0.4, 0.5) is 13.2 Å². The lowest BCUT2D eigenvalue weighted by Gasteiger charge is -2.09. The van der Waals surface area contributed by atoms with Gasteiger partial charge in [-0.2, -0.15) is 13.2 Å². The molecule has 0 aliphatic rings. The zero-order valence-corrected chi connectivity index (χ0v) is 10.5. The second-order valence-electron chi connectivity index (χ2n) is 4.35. The van der Waals surface area contributed by atoms with Gasteiger partial charge in [0.25, 0.3) is 0 Å². The molecule has 1 heterocycles. The molecule has 0 spiro atoms. The first-order chi connectivity index (χ1) is 8.91. The first-order valence-electron chi connectivity index (χ1n) is 5.96. The molecule has 1 aromatic carbocycles. The Hall–Kier alpha value is -1.69. The second-order valence-corrected chi connectivity index (χ2v) is 4.35. The van der Waals surface area contributed by atoms with Crippen molar-refractivity contribution in [3.63, 3.8) is 0 Å². The molecule has 2 rings (SSSR count). The van der Waals surface area contributed by atoms with Crippen LogP contribution in [0.3, 0.4) is 0 Å². The zero-order chi connectivity index (χ0) is 14.0. The molecule has 0 aliphatic heterocycles. The van der Waals surface area contributed by atoms with Crippen LogP contribution in [0.5, 0.6) is 0 Å². The maximum absolute atomic E-state index is 12.7. The van der Waals surface area contributed by atoms with Gasteiger partial charge in [-0.3, -0.25) is 0 Å². The van der Waals surface area contributed by atoms with Crippen LogP contribution in [0.1, 0.15) is 23.5 Å². The SMILES string of the molecule is Cc1nc(CCCN)nc2cc(C(F)(F)F)ccc12. The molecule has 0 radical (unpaired) electrons. The lowest BCUT2D eigenvalue weighted by molar-refractivity contribution is -0.137. The molecule has 2 aromatic rings. The minimum absolute atomic E-state index is 0.328. The van der Waals surface area contributed by atoms with Crippen LogP contribution in [-0.4, -0.2) is 16.5 Å². The Morgan fingerprint density at radius 2 is 1.95 bits per heavy atom. The highest BCUT2D eigenvalue weighted by Crippen LogP contribution is 2.31. The van der Waals surface area contributed by atoms with E-state index in [4.69, 9.17) is 5.73 Å². The van der Waals surface area contributed by atoms with E-state index in [0.717, 1.165) is 12.1 Å². The van der Waals surface area contributed by atoms with Gasteiger partial charge in [0, 0.05) is 17.5 Å². The number of aromatic nitrogens is 2. The Bertz CT molecular complexity index is 593. The van der Waals surface area contributed by atoms with E-state index in [1.165, 1.54) is 6.07 Å². The summed E-state index contributed by atoms with van der Waals surface area (Å²) in [6, 6.07) is 3.54. The zero-order valence-electron chi connectivity index (χ0n) is 10.5. The number of nitrogens with zero attached hydrogens (tertiary/aromatic N) is 2. The maximum Gasteiger partial charge on any atom is 0.416 e. The van der Waals surface area contributed by atoms with E-state index in [1.807, 2.05) is 0 Å². The van der Waals surface area contributed by atoms with Crippen molar-refractivity contribution < 1.29 is 13.2 Å². The van der Waals surface area contributed by atoms with Crippen molar-refractivity contribution in [2.24, 2.45) is 5.73 Å². The number of benzene rings is 1. The number of halogens is 3. The van der Waals surface area contributed by atoms with Crippen molar-refractivity contribution in [1.82, 2.24) is 9.97 Å². The van der Waals surface area contributed by atoms with Gasteiger partial charge in [0.2, 0.25) is 0 Å². The van der Waals surface area contributed by atoms with Gasteiger partial charge in [0.05, 0.1) is 11.1 Å². The first kappa shape index (κ1) is 13.7. The van der Waals surface area contributed by atoms with Gasteiger partial charge < -0.3 is 5.73 Å². The standard InChI is InChI=1S/C13H14F3N3/c1-8-10-5-4-9(13(14,15)16)7-11(10)19-12(18-8)3-2-6-17/h4-5,7H,2-3,6,17H2,1H3. The minimum Gasteiger partial charge on any atom is -0.330 e. The van der Waals surface area contributed by atoms with Gasteiger partial charge >= 0.3 is 6.18 Å². The molecule has 3 nitrogen and oxygen atoms in total. The Labute approximate surface area is 108 Å². The van der Waals surface area contributed by atoms with Crippen molar-refractivity contribution >= 4 is 10.9 Å². The normalized spacial score (nSPS) is 12.1. The number of rotatable bonds is 3. The highest BCUT2D eigenvalue weighted by atomic mass is 19.4. The molecule has 0 fully saturated rings. The summed E-state index contributed by atoms with van der Waals surface area (Å²) in [7, 11) is 0. The summed E-state index contributed by atoms with van der Waals surface area (Å²) in [6.45, 7) is 2.27. The summed E-state index contributed by atoms with van der Waals surface area (Å²) >= 11 is 0. The van der Waals surface area contributed by atoms with Crippen LogP contribution < -0.4 is 5.73 Å². The number of nitrogens with two attached hydrogens (primary N) is 1. The van der Waals surface area contributed by atoms with Gasteiger partial charge in [-0.25, -0.2) is 9.97 Å². The second kappa shape index (κ2) is 5.13. The summed E-state index contributed by atoms with van der Waals surface area (Å²) in [4.78, 5) is 8.46.